The van der Waals surface area contributed by atoms with Gasteiger partial charge in [-0.15, -0.1) is 0 Å². The van der Waals surface area contributed by atoms with E-state index in [1.807, 2.05) is 25.1 Å². The first-order valence-electron chi connectivity index (χ1n) is 9.02. The summed E-state index contributed by atoms with van der Waals surface area (Å²) in [5.41, 5.74) is 12.2. The highest BCUT2D eigenvalue weighted by Crippen LogP contribution is 2.48. The molecule has 0 amide bonds. The molecule has 0 saturated heterocycles. The number of anilines is 1. The molecule has 0 aliphatic heterocycles. The highest BCUT2D eigenvalue weighted by molar-refractivity contribution is 5.77. The summed E-state index contributed by atoms with van der Waals surface area (Å²) in [6, 6.07) is 11.8. The van der Waals surface area contributed by atoms with E-state index in [0.717, 1.165) is 22.5 Å². The van der Waals surface area contributed by atoms with Crippen molar-refractivity contribution in [1.29, 1.82) is 0 Å². The van der Waals surface area contributed by atoms with Gasteiger partial charge in [0.15, 0.2) is 0 Å². The number of rotatable bonds is 5. The maximum Gasteiger partial charge on any atom is 0.439 e. The van der Waals surface area contributed by atoms with E-state index >= 15 is 0 Å². The van der Waals surface area contributed by atoms with Crippen LogP contribution in [0, 0.1) is 12.3 Å². The van der Waals surface area contributed by atoms with Crippen LogP contribution in [0.4, 0.5) is 5.69 Å². The SMILES string of the molecule is Cc1ccc(/C(=C/C2(C)CC2)Cc2cccc(-c3noc(=O)[nH]3)n2)c(N)c1. The van der Waals surface area contributed by atoms with Crippen LogP contribution in [0.5, 0.6) is 0 Å². The van der Waals surface area contributed by atoms with Crippen LogP contribution >= 0.6 is 0 Å². The Bertz CT molecular complexity index is 1070. The molecule has 2 heterocycles. The zero-order valence-electron chi connectivity index (χ0n) is 15.5. The third-order valence-corrected chi connectivity index (χ3v) is 4.98. The van der Waals surface area contributed by atoms with Gasteiger partial charge >= 0.3 is 5.76 Å². The Morgan fingerprint density at radius 3 is 2.81 bits per heavy atom. The van der Waals surface area contributed by atoms with Gasteiger partial charge in [-0.05, 0) is 54.5 Å². The quantitative estimate of drug-likeness (QED) is 0.674. The van der Waals surface area contributed by atoms with Crippen molar-refractivity contribution in [2.45, 2.75) is 33.1 Å². The number of pyridine rings is 1. The van der Waals surface area contributed by atoms with Crippen molar-refractivity contribution in [2.24, 2.45) is 5.41 Å². The minimum Gasteiger partial charge on any atom is -0.398 e. The molecule has 2 aromatic heterocycles. The minimum atomic E-state index is -0.591. The third-order valence-electron chi connectivity index (χ3n) is 4.98. The fourth-order valence-corrected chi connectivity index (χ4v) is 3.21. The molecule has 0 atom stereocenters. The number of benzene rings is 1. The standard InChI is InChI=1S/C21H22N4O2/c1-13-6-7-16(17(22)10-13)14(12-21(2)8-9-21)11-15-4-3-5-18(23-15)19-24-20(26)27-25-19/h3-7,10,12H,8-9,11,22H2,1-2H3,(H,24,25,26)/b14-12+. The van der Waals surface area contributed by atoms with Gasteiger partial charge < -0.3 is 5.73 Å². The van der Waals surface area contributed by atoms with Crippen LogP contribution in [0.1, 0.15) is 36.6 Å². The topological polar surface area (TPSA) is 97.8 Å². The van der Waals surface area contributed by atoms with E-state index < -0.39 is 5.76 Å². The highest BCUT2D eigenvalue weighted by Gasteiger charge is 2.35. The maximum atomic E-state index is 11.2. The van der Waals surface area contributed by atoms with E-state index in [1.54, 1.807) is 6.07 Å². The van der Waals surface area contributed by atoms with Crippen LogP contribution in [-0.4, -0.2) is 15.1 Å². The van der Waals surface area contributed by atoms with Crippen LogP contribution in [0.2, 0.25) is 0 Å². The fraction of sp³-hybridized carbons (Fsp3) is 0.286. The number of aromatic amines is 1. The van der Waals surface area contributed by atoms with Crippen molar-refractivity contribution >= 4 is 11.3 Å². The summed E-state index contributed by atoms with van der Waals surface area (Å²) in [6.07, 6.45) is 5.37. The molecular weight excluding hydrogens is 340 g/mol. The summed E-state index contributed by atoms with van der Waals surface area (Å²) in [4.78, 5) is 18.4. The van der Waals surface area contributed by atoms with Crippen molar-refractivity contribution in [3.8, 4) is 11.5 Å². The minimum absolute atomic E-state index is 0.238. The van der Waals surface area contributed by atoms with Crippen molar-refractivity contribution in [2.75, 3.05) is 5.73 Å². The smallest absolute Gasteiger partial charge is 0.398 e. The summed E-state index contributed by atoms with van der Waals surface area (Å²) in [5.74, 6) is -0.261. The second-order valence-electron chi connectivity index (χ2n) is 7.55. The third kappa shape index (κ3) is 3.84. The van der Waals surface area contributed by atoms with Crippen LogP contribution < -0.4 is 11.5 Å². The van der Waals surface area contributed by atoms with E-state index in [2.05, 4.69) is 44.8 Å². The molecule has 6 nitrogen and oxygen atoms in total. The Kier molecular flexibility index (Phi) is 4.18. The first-order valence-corrected chi connectivity index (χ1v) is 9.02. The zero-order valence-corrected chi connectivity index (χ0v) is 15.5. The number of nitrogens with two attached hydrogens (primary N) is 1. The van der Waals surface area contributed by atoms with Gasteiger partial charge in [-0.25, -0.2) is 9.78 Å². The number of aryl methyl sites for hydroxylation is 1. The predicted molar refractivity (Wildman–Crippen MR) is 105 cm³/mol. The number of H-pyrrole nitrogens is 1. The van der Waals surface area contributed by atoms with Crippen molar-refractivity contribution < 1.29 is 4.52 Å². The zero-order chi connectivity index (χ0) is 19.0. The maximum absolute atomic E-state index is 11.2. The monoisotopic (exact) mass is 362 g/mol. The number of allylic oxidation sites excluding steroid dienone is 2. The lowest BCUT2D eigenvalue weighted by atomic mass is 9.93. The number of nitrogen functional groups attached to an aromatic ring is 1. The van der Waals surface area contributed by atoms with Gasteiger partial charge in [0.05, 0.1) is 0 Å². The first-order chi connectivity index (χ1) is 12.9. The Balaban J connectivity index is 1.70. The summed E-state index contributed by atoms with van der Waals surface area (Å²) >= 11 is 0. The lowest BCUT2D eigenvalue weighted by Gasteiger charge is -2.14. The van der Waals surface area contributed by atoms with Crippen LogP contribution in [-0.2, 0) is 6.42 Å². The Labute approximate surface area is 157 Å². The molecule has 27 heavy (non-hydrogen) atoms. The van der Waals surface area contributed by atoms with Crippen molar-refractivity contribution in [3.05, 3.63) is 69.8 Å². The van der Waals surface area contributed by atoms with Crippen LogP contribution in [0.15, 0.2) is 51.8 Å². The average Bonchev–Trinajstić information content (AvgIpc) is 3.18. The van der Waals surface area contributed by atoms with Gasteiger partial charge in [0.2, 0.25) is 5.82 Å². The average molecular weight is 362 g/mol. The molecule has 0 bridgehead atoms. The molecule has 1 aliphatic rings. The molecule has 1 saturated carbocycles. The Hall–Kier alpha value is -3.15. The molecule has 0 radical (unpaired) electrons. The molecule has 138 valence electrons. The molecule has 1 aliphatic carbocycles. The summed E-state index contributed by atoms with van der Waals surface area (Å²) < 4.78 is 4.58. The second kappa shape index (κ2) is 6.54. The lowest BCUT2D eigenvalue weighted by molar-refractivity contribution is 0.387. The highest BCUT2D eigenvalue weighted by atomic mass is 16.5. The number of hydrogen-bond donors (Lipinski definition) is 2. The van der Waals surface area contributed by atoms with Crippen LogP contribution in [0.25, 0.3) is 17.1 Å². The first kappa shape index (κ1) is 17.3. The van der Waals surface area contributed by atoms with Gasteiger partial charge in [0.1, 0.15) is 5.69 Å². The molecule has 0 spiro atoms. The van der Waals surface area contributed by atoms with E-state index in [9.17, 15) is 4.79 Å². The summed E-state index contributed by atoms with van der Waals surface area (Å²) in [6.45, 7) is 4.30. The number of aromatic nitrogens is 3. The largest absolute Gasteiger partial charge is 0.439 e. The van der Waals surface area contributed by atoms with Gasteiger partial charge in [-0.2, -0.15) is 0 Å². The normalized spacial score (nSPS) is 15.7. The number of nitrogens with one attached hydrogen (secondary N) is 1. The number of nitrogens with zero attached hydrogens (tertiary/aromatic N) is 2. The Morgan fingerprint density at radius 1 is 1.33 bits per heavy atom. The molecule has 1 fully saturated rings. The molecular formula is C21H22N4O2. The predicted octanol–water partition coefficient (Wildman–Crippen LogP) is 3.74. The van der Waals surface area contributed by atoms with Gasteiger partial charge in [0.25, 0.3) is 0 Å². The van der Waals surface area contributed by atoms with Gasteiger partial charge in [0, 0.05) is 23.4 Å². The van der Waals surface area contributed by atoms with E-state index in [4.69, 9.17) is 5.73 Å². The van der Waals surface area contributed by atoms with Gasteiger partial charge in [-0.1, -0.05) is 36.4 Å². The fourth-order valence-electron chi connectivity index (χ4n) is 3.21. The molecule has 3 aromatic rings. The van der Waals surface area contributed by atoms with E-state index in [1.165, 1.54) is 18.4 Å². The van der Waals surface area contributed by atoms with E-state index in [-0.39, 0.29) is 5.41 Å². The number of hydrogen-bond acceptors (Lipinski definition) is 5. The van der Waals surface area contributed by atoms with E-state index in [0.29, 0.717) is 17.9 Å². The molecule has 6 heteroatoms. The molecule has 0 unspecified atom stereocenters. The van der Waals surface area contributed by atoms with Crippen LogP contribution in [0.3, 0.4) is 0 Å². The molecule has 4 rings (SSSR count). The summed E-state index contributed by atoms with van der Waals surface area (Å²) in [7, 11) is 0. The second-order valence-corrected chi connectivity index (χ2v) is 7.55. The lowest BCUT2D eigenvalue weighted by Crippen LogP contribution is -2.02. The molecule has 3 N–H and O–H groups in total. The Morgan fingerprint density at radius 2 is 2.15 bits per heavy atom. The van der Waals surface area contributed by atoms with Gasteiger partial charge in [-0.3, -0.25) is 9.51 Å². The summed E-state index contributed by atoms with van der Waals surface area (Å²) in [5, 5.41) is 3.72. The van der Waals surface area contributed by atoms with Crippen molar-refractivity contribution in [1.82, 2.24) is 15.1 Å². The molecule has 1 aromatic carbocycles. The van der Waals surface area contributed by atoms with Crippen molar-refractivity contribution in [3.63, 3.8) is 0 Å².